The lowest BCUT2D eigenvalue weighted by molar-refractivity contribution is 0.0954. The van der Waals surface area contributed by atoms with E-state index in [-0.39, 0.29) is 5.91 Å². The summed E-state index contributed by atoms with van der Waals surface area (Å²) in [4.78, 5) is 23.4. The van der Waals surface area contributed by atoms with E-state index in [1.807, 2.05) is 56.3 Å². The van der Waals surface area contributed by atoms with E-state index < -0.39 is 0 Å². The number of hydrogen-bond donors (Lipinski definition) is 1. The normalized spacial score (nSPS) is 10.9. The number of nitrogens with zero attached hydrogens (tertiary/aromatic N) is 2. The van der Waals surface area contributed by atoms with Crippen LogP contribution in [-0.4, -0.2) is 15.9 Å². The fourth-order valence-electron chi connectivity index (χ4n) is 2.65. The quantitative estimate of drug-likeness (QED) is 0.512. The molecule has 4 aromatic rings. The molecule has 136 valence electrons. The molecule has 4 rings (SSSR count). The molecule has 0 saturated heterocycles. The molecule has 0 bridgehead atoms. The molecule has 3 heterocycles. The predicted molar refractivity (Wildman–Crippen MR) is 108 cm³/mol. The molecule has 0 radical (unpaired) electrons. The lowest BCUT2D eigenvalue weighted by Gasteiger charge is -2.02. The van der Waals surface area contributed by atoms with Gasteiger partial charge in [0.15, 0.2) is 10.8 Å². The molecule has 0 fully saturated rings. The van der Waals surface area contributed by atoms with E-state index in [2.05, 4.69) is 15.3 Å². The number of furan rings is 1. The maximum Gasteiger partial charge on any atom is 0.263 e. The van der Waals surface area contributed by atoms with Crippen molar-refractivity contribution in [2.75, 3.05) is 0 Å². The van der Waals surface area contributed by atoms with Crippen LogP contribution in [0.2, 0.25) is 0 Å². The Balaban J connectivity index is 1.48. The van der Waals surface area contributed by atoms with Gasteiger partial charge in [0, 0.05) is 10.4 Å². The van der Waals surface area contributed by atoms with Gasteiger partial charge in [-0.1, -0.05) is 30.3 Å². The van der Waals surface area contributed by atoms with Crippen molar-refractivity contribution in [2.24, 2.45) is 0 Å². The van der Waals surface area contributed by atoms with Gasteiger partial charge in [0.1, 0.15) is 9.88 Å². The summed E-state index contributed by atoms with van der Waals surface area (Å²) < 4.78 is 5.40. The van der Waals surface area contributed by atoms with Crippen molar-refractivity contribution in [1.82, 2.24) is 15.3 Å². The van der Waals surface area contributed by atoms with Crippen LogP contribution >= 0.6 is 22.7 Å². The number of amides is 1. The van der Waals surface area contributed by atoms with Gasteiger partial charge in [0.25, 0.3) is 5.91 Å². The Bertz CT molecular complexity index is 1070. The molecule has 1 aromatic carbocycles. The predicted octanol–water partition coefficient (Wildman–Crippen LogP) is 5.07. The maximum absolute atomic E-state index is 12.7. The average Bonchev–Trinajstić information content (AvgIpc) is 3.40. The summed E-state index contributed by atoms with van der Waals surface area (Å²) >= 11 is 2.94. The fourth-order valence-corrected chi connectivity index (χ4v) is 4.61. The lowest BCUT2D eigenvalue weighted by Crippen LogP contribution is -2.22. The van der Waals surface area contributed by atoms with Crippen LogP contribution in [-0.2, 0) is 6.54 Å². The number of aromatic nitrogens is 2. The summed E-state index contributed by atoms with van der Waals surface area (Å²) in [6, 6.07) is 13.6. The lowest BCUT2D eigenvalue weighted by atomic mass is 10.2. The highest BCUT2D eigenvalue weighted by Crippen LogP contribution is 2.29. The van der Waals surface area contributed by atoms with Gasteiger partial charge < -0.3 is 9.73 Å². The molecule has 1 amide bonds. The average molecular weight is 396 g/mol. The van der Waals surface area contributed by atoms with Crippen LogP contribution in [0.3, 0.4) is 0 Å². The van der Waals surface area contributed by atoms with Crippen LogP contribution in [0.1, 0.15) is 25.9 Å². The standard InChI is InChI=1S/C20H17N3O2S2/c1-12-16(26-20(22-12)15-9-6-10-25-15)11-21-18(24)17-13(2)23-19(27-17)14-7-4-3-5-8-14/h3-10H,11H2,1-2H3,(H,21,24). The van der Waals surface area contributed by atoms with Crippen LogP contribution in [0, 0.1) is 13.8 Å². The molecular weight excluding hydrogens is 378 g/mol. The second-order valence-electron chi connectivity index (χ2n) is 5.99. The molecule has 0 spiro atoms. The number of hydrogen-bond acceptors (Lipinski definition) is 6. The Hall–Kier alpha value is -2.77. The molecule has 5 nitrogen and oxygen atoms in total. The third kappa shape index (κ3) is 3.70. The highest BCUT2D eigenvalue weighted by Gasteiger charge is 2.17. The van der Waals surface area contributed by atoms with Gasteiger partial charge in [-0.2, -0.15) is 0 Å². The van der Waals surface area contributed by atoms with Gasteiger partial charge in [-0.3, -0.25) is 4.79 Å². The largest absolute Gasteiger partial charge is 0.462 e. The van der Waals surface area contributed by atoms with E-state index in [1.165, 1.54) is 22.7 Å². The van der Waals surface area contributed by atoms with Crippen LogP contribution in [0.15, 0.2) is 53.1 Å². The highest BCUT2D eigenvalue weighted by atomic mass is 32.1. The topological polar surface area (TPSA) is 68.0 Å². The van der Waals surface area contributed by atoms with Crippen molar-refractivity contribution in [2.45, 2.75) is 20.4 Å². The zero-order valence-corrected chi connectivity index (χ0v) is 16.5. The summed E-state index contributed by atoms with van der Waals surface area (Å²) in [5, 5.41) is 4.67. The molecule has 27 heavy (non-hydrogen) atoms. The minimum Gasteiger partial charge on any atom is -0.462 e. The van der Waals surface area contributed by atoms with Crippen molar-refractivity contribution in [3.8, 4) is 21.3 Å². The maximum atomic E-state index is 12.7. The van der Waals surface area contributed by atoms with Crippen molar-refractivity contribution < 1.29 is 9.21 Å². The summed E-state index contributed by atoms with van der Waals surface area (Å²) in [7, 11) is 0. The number of benzene rings is 1. The second kappa shape index (κ2) is 7.46. The third-order valence-electron chi connectivity index (χ3n) is 4.06. The van der Waals surface area contributed by atoms with E-state index in [9.17, 15) is 4.79 Å². The Kier molecular flexibility index (Phi) is 4.87. The first-order valence-corrected chi connectivity index (χ1v) is 10.1. The molecule has 0 saturated carbocycles. The van der Waals surface area contributed by atoms with E-state index in [4.69, 9.17) is 4.42 Å². The second-order valence-corrected chi connectivity index (χ2v) is 8.07. The highest BCUT2D eigenvalue weighted by molar-refractivity contribution is 7.17. The zero-order chi connectivity index (χ0) is 18.8. The number of nitrogens with one attached hydrogen (secondary N) is 1. The number of thiazole rings is 2. The van der Waals surface area contributed by atoms with E-state index in [1.54, 1.807) is 6.26 Å². The molecule has 1 N–H and O–H groups in total. The minimum absolute atomic E-state index is 0.112. The smallest absolute Gasteiger partial charge is 0.263 e. The van der Waals surface area contributed by atoms with E-state index >= 15 is 0 Å². The van der Waals surface area contributed by atoms with Crippen molar-refractivity contribution in [3.05, 3.63) is 69.9 Å². The Labute approximate surface area is 164 Å². The van der Waals surface area contributed by atoms with Gasteiger partial charge in [-0.15, -0.1) is 22.7 Å². The third-order valence-corrected chi connectivity index (χ3v) is 6.43. The minimum atomic E-state index is -0.112. The Morgan fingerprint density at radius 1 is 1.00 bits per heavy atom. The number of aryl methyl sites for hydroxylation is 2. The van der Waals surface area contributed by atoms with Crippen molar-refractivity contribution in [3.63, 3.8) is 0 Å². The summed E-state index contributed by atoms with van der Waals surface area (Å²) in [6.45, 7) is 4.24. The first-order valence-electron chi connectivity index (χ1n) is 8.43. The van der Waals surface area contributed by atoms with Crippen LogP contribution in [0.5, 0.6) is 0 Å². The first kappa shape index (κ1) is 17.6. The molecule has 0 aliphatic rings. The molecule has 0 aliphatic carbocycles. The van der Waals surface area contributed by atoms with Crippen molar-refractivity contribution in [1.29, 1.82) is 0 Å². The molecule has 7 heteroatoms. The Morgan fingerprint density at radius 3 is 2.52 bits per heavy atom. The van der Waals surface area contributed by atoms with Crippen LogP contribution in [0.4, 0.5) is 0 Å². The molecule has 0 atom stereocenters. The van der Waals surface area contributed by atoms with Gasteiger partial charge in [-0.25, -0.2) is 9.97 Å². The Morgan fingerprint density at radius 2 is 1.78 bits per heavy atom. The number of rotatable bonds is 5. The summed E-state index contributed by atoms with van der Waals surface area (Å²) in [5.41, 5.74) is 2.66. The summed E-state index contributed by atoms with van der Waals surface area (Å²) in [6.07, 6.45) is 1.63. The van der Waals surface area contributed by atoms with Gasteiger partial charge in [0.05, 0.1) is 24.2 Å². The van der Waals surface area contributed by atoms with Crippen LogP contribution in [0.25, 0.3) is 21.3 Å². The molecular formula is C20H17N3O2S2. The van der Waals surface area contributed by atoms with E-state index in [0.717, 1.165) is 37.6 Å². The molecule has 0 aliphatic heterocycles. The van der Waals surface area contributed by atoms with Gasteiger partial charge >= 0.3 is 0 Å². The first-order chi connectivity index (χ1) is 13.1. The zero-order valence-electron chi connectivity index (χ0n) is 14.9. The monoisotopic (exact) mass is 395 g/mol. The fraction of sp³-hybridized carbons (Fsp3) is 0.150. The molecule has 3 aromatic heterocycles. The summed E-state index contributed by atoms with van der Waals surface area (Å²) in [5.74, 6) is 0.631. The number of carbonyl (C=O) groups excluding carboxylic acids is 1. The van der Waals surface area contributed by atoms with E-state index in [0.29, 0.717) is 11.4 Å². The molecule has 0 unspecified atom stereocenters. The SMILES string of the molecule is Cc1nc(-c2ccco2)sc1CNC(=O)c1sc(-c2ccccc2)nc1C. The van der Waals surface area contributed by atoms with Crippen LogP contribution < -0.4 is 5.32 Å². The number of carbonyl (C=O) groups is 1. The van der Waals surface area contributed by atoms with Gasteiger partial charge in [0.2, 0.25) is 0 Å². The van der Waals surface area contributed by atoms with Gasteiger partial charge in [-0.05, 0) is 26.0 Å². The van der Waals surface area contributed by atoms with Crippen molar-refractivity contribution >= 4 is 28.6 Å².